The minimum Gasteiger partial charge on any atom is -0.456 e. The predicted molar refractivity (Wildman–Crippen MR) is 232 cm³/mol. The van der Waals surface area contributed by atoms with Crippen LogP contribution in [0, 0.1) is 0 Å². The Bertz CT molecular complexity index is 3160. The van der Waals surface area contributed by atoms with Crippen molar-refractivity contribution in [2.45, 2.75) is 19.3 Å². The third kappa shape index (κ3) is 5.12. The summed E-state index contributed by atoms with van der Waals surface area (Å²) in [4.78, 5) is 10.7. The second-order valence-electron chi connectivity index (χ2n) is 15.4. The van der Waals surface area contributed by atoms with Crippen molar-refractivity contribution in [2.24, 2.45) is 0 Å². The molecule has 2 aromatic heterocycles. The summed E-state index contributed by atoms with van der Waals surface area (Å²) >= 11 is 0. The summed E-state index contributed by atoms with van der Waals surface area (Å²) in [6, 6.07) is 64.8. The van der Waals surface area contributed by atoms with E-state index in [1.54, 1.807) is 0 Å². The monoisotopic (exact) mass is 716 g/mol. The molecule has 2 heterocycles. The zero-order valence-electron chi connectivity index (χ0n) is 31.1. The Morgan fingerprint density at radius 2 is 1.05 bits per heavy atom. The van der Waals surface area contributed by atoms with Crippen molar-refractivity contribution in [1.29, 1.82) is 0 Å². The van der Waals surface area contributed by atoms with Crippen molar-refractivity contribution >= 4 is 32.7 Å². The highest BCUT2D eigenvalue weighted by Gasteiger charge is 2.37. The van der Waals surface area contributed by atoms with E-state index < -0.39 is 0 Å². The van der Waals surface area contributed by atoms with Gasteiger partial charge in [-0.05, 0) is 97.7 Å². The van der Waals surface area contributed by atoms with E-state index in [9.17, 15) is 0 Å². The zero-order chi connectivity index (χ0) is 37.4. The van der Waals surface area contributed by atoms with Gasteiger partial charge in [-0.1, -0.05) is 153 Å². The Morgan fingerprint density at radius 1 is 0.411 bits per heavy atom. The van der Waals surface area contributed by atoms with Crippen LogP contribution in [0.25, 0.3) is 100.0 Å². The van der Waals surface area contributed by atoms with E-state index in [1.807, 2.05) is 6.07 Å². The average molecular weight is 717 g/mol. The maximum atomic E-state index is 6.40. The Balaban J connectivity index is 1.14. The molecule has 0 fully saturated rings. The Morgan fingerprint density at radius 3 is 1.89 bits per heavy atom. The molecule has 56 heavy (non-hydrogen) atoms. The predicted octanol–water partition coefficient (Wildman–Crippen LogP) is 14.2. The molecule has 264 valence electrons. The fourth-order valence-electron chi connectivity index (χ4n) is 8.98. The van der Waals surface area contributed by atoms with Crippen LogP contribution in [0.5, 0.6) is 0 Å². The van der Waals surface area contributed by atoms with Crippen LogP contribution in [0.15, 0.2) is 186 Å². The van der Waals surface area contributed by atoms with Gasteiger partial charge in [0.15, 0.2) is 5.82 Å². The van der Waals surface area contributed by atoms with Gasteiger partial charge in [-0.25, -0.2) is 9.97 Å². The highest BCUT2D eigenvalue weighted by molar-refractivity contribution is 6.19. The number of nitrogens with zero attached hydrogens (tertiary/aromatic N) is 2. The molecule has 3 heteroatoms. The molecule has 1 aliphatic carbocycles. The SMILES string of the molecule is CC1(C)c2ccccc2-c2cccc(-c3cc(-c4cc(-c5ccccc5)cc(-c5ccc6oc7ccc8ccccc8c7c6c5)c4)nc(-c4ccccc4)n3)c21. The molecule has 8 aromatic carbocycles. The molecule has 0 saturated carbocycles. The molecule has 0 spiro atoms. The summed E-state index contributed by atoms with van der Waals surface area (Å²) in [5, 5.41) is 4.65. The molecular weight excluding hydrogens is 681 g/mol. The largest absolute Gasteiger partial charge is 0.456 e. The van der Waals surface area contributed by atoms with Gasteiger partial charge in [0.1, 0.15) is 11.2 Å². The molecule has 0 bridgehead atoms. The van der Waals surface area contributed by atoms with Crippen LogP contribution in [0.3, 0.4) is 0 Å². The smallest absolute Gasteiger partial charge is 0.160 e. The van der Waals surface area contributed by atoms with Gasteiger partial charge in [0, 0.05) is 32.9 Å². The summed E-state index contributed by atoms with van der Waals surface area (Å²) in [6.45, 7) is 4.67. The van der Waals surface area contributed by atoms with Crippen LogP contribution in [-0.4, -0.2) is 9.97 Å². The number of hydrogen-bond acceptors (Lipinski definition) is 3. The first kappa shape index (κ1) is 32.3. The van der Waals surface area contributed by atoms with Crippen molar-refractivity contribution in [3.05, 3.63) is 193 Å². The third-order valence-corrected chi connectivity index (χ3v) is 11.6. The van der Waals surface area contributed by atoms with E-state index in [4.69, 9.17) is 14.4 Å². The highest BCUT2D eigenvalue weighted by atomic mass is 16.3. The molecule has 0 aliphatic heterocycles. The molecule has 10 aromatic rings. The van der Waals surface area contributed by atoms with Crippen molar-refractivity contribution in [1.82, 2.24) is 9.97 Å². The Kier molecular flexibility index (Phi) is 7.20. The Labute approximate surface area is 325 Å². The van der Waals surface area contributed by atoms with Crippen LogP contribution in [0.2, 0.25) is 0 Å². The first-order valence-electron chi connectivity index (χ1n) is 19.2. The minimum absolute atomic E-state index is 0.192. The van der Waals surface area contributed by atoms with Crippen LogP contribution in [0.4, 0.5) is 0 Å². The molecule has 11 rings (SSSR count). The van der Waals surface area contributed by atoms with Crippen LogP contribution < -0.4 is 0 Å². The summed E-state index contributed by atoms with van der Waals surface area (Å²) in [7, 11) is 0. The number of fused-ring (bicyclic) bond motifs is 8. The molecule has 0 radical (unpaired) electrons. The summed E-state index contributed by atoms with van der Waals surface area (Å²) in [5.74, 6) is 0.703. The fourth-order valence-corrected chi connectivity index (χ4v) is 8.98. The van der Waals surface area contributed by atoms with Gasteiger partial charge in [-0.3, -0.25) is 0 Å². The van der Waals surface area contributed by atoms with Gasteiger partial charge in [0.25, 0.3) is 0 Å². The lowest BCUT2D eigenvalue weighted by Gasteiger charge is -2.24. The minimum atomic E-state index is -0.192. The number of hydrogen-bond donors (Lipinski definition) is 0. The van der Waals surface area contributed by atoms with Crippen molar-refractivity contribution < 1.29 is 4.42 Å². The van der Waals surface area contributed by atoms with E-state index in [2.05, 4.69) is 190 Å². The molecule has 0 saturated heterocycles. The number of rotatable bonds is 5. The topological polar surface area (TPSA) is 38.9 Å². The van der Waals surface area contributed by atoms with Crippen LogP contribution in [0.1, 0.15) is 25.0 Å². The van der Waals surface area contributed by atoms with Crippen LogP contribution in [-0.2, 0) is 5.41 Å². The third-order valence-electron chi connectivity index (χ3n) is 11.6. The van der Waals surface area contributed by atoms with Crippen molar-refractivity contribution in [3.63, 3.8) is 0 Å². The molecule has 0 amide bonds. The maximum Gasteiger partial charge on any atom is 0.160 e. The first-order valence-corrected chi connectivity index (χ1v) is 19.2. The first-order chi connectivity index (χ1) is 27.5. The van der Waals surface area contributed by atoms with Crippen molar-refractivity contribution in [2.75, 3.05) is 0 Å². The number of aromatic nitrogens is 2. The second kappa shape index (κ2) is 12.5. The van der Waals surface area contributed by atoms with E-state index >= 15 is 0 Å². The van der Waals surface area contributed by atoms with Gasteiger partial charge in [0.2, 0.25) is 0 Å². The Hall–Kier alpha value is -7.10. The van der Waals surface area contributed by atoms with Gasteiger partial charge in [-0.15, -0.1) is 0 Å². The summed E-state index contributed by atoms with van der Waals surface area (Å²) in [6.07, 6.45) is 0. The fraction of sp³-hybridized carbons (Fsp3) is 0.0566. The second-order valence-corrected chi connectivity index (χ2v) is 15.4. The summed E-state index contributed by atoms with van der Waals surface area (Å²) in [5.41, 5.74) is 16.2. The van der Waals surface area contributed by atoms with E-state index in [1.165, 1.54) is 33.0 Å². The number of furan rings is 1. The normalized spacial score (nSPS) is 13.0. The summed E-state index contributed by atoms with van der Waals surface area (Å²) < 4.78 is 6.40. The lowest BCUT2D eigenvalue weighted by atomic mass is 9.79. The van der Waals surface area contributed by atoms with E-state index in [0.29, 0.717) is 5.82 Å². The lowest BCUT2D eigenvalue weighted by molar-refractivity contribution is 0.662. The molecule has 0 unspecified atom stereocenters. The zero-order valence-corrected chi connectivity index (χ0v) is 31.1. The molecule has 3 nitrogen and oxygen atoms in total. The van der Waals surface area contributed by atoms with E-state index in [-0.39, 0.29) is 5.41 Å². The van der Waals surface area contributed by atoms with Crippen molar-refractivity contribution in [3.8, 4) is 67.3 Å². The van der Waals surface area contributed by atoms with Gasteiger partial charge in [-0.2, -0.15) is 0 Å². The number of benzene rings is 8. The maximum absolute atomic E-state index is 6.40. The average Bonchev–Trinajstić information content (AvgIpc) is 3.76. The molecule has 0 atom stereocenters. The molecule has 0 N–H and O–H groups in total. The quantitative estimate of drug-likeness (QED) is 0.178. The van der Waals surface area contributed by atoms with Gasteiger partial charge < -0.3 is 4.42 Å². The standard InChI is InChI=1S/C53H36N2O/c1-53(2)45-23-12-11-20-41(45)42-21-13-22-43(51(42)53)47-32-46(54-52(55-47)35-17-7-4-8-18-35)39-29-37(33-14-5-3-6-15-33)28-38(30-39)36-25-26-48-44(31-36)50-40-19-10-9-16-34(40)24-27-49(50)56-48/h3-32H,1-2H3. The highest BCUT2D eigenvalue weighted by Crippen LogP contribution is 2.52. The lowest BCUT2D eigenvalue weighted by Crippen LogP contribution is -2.16. The van der Waals surface area contributed by atoms with Gasteiger partial charge >= 0.3 is 0 Å². The van der Waals surface area contributed by atoms with E-state index in [0.717, 1.165) is 72.3 Å². The van der Waals surface area contributed by atoms with Gasteiger partial charge in [0.05, 0.1) is 11.4 Å². The van der Waals surface area contributed by atoms with Crippen LogP contribution >= 0.6 is 0 Å². The molecule has 1 aliphatic rings. The molecular formula is C53H36N2O.